The SMILES string of the molecule is O=C(O)Cc1c(F)ccc([N+](=O)[O-])c1OC(F)F. The van der Waals surface area contributed by atoms with E-state index < -0.39 is 46.7 Å². The van der Waals surface area contributed by atoms with Gasteiger partial charge < -0.3 is 9.84 Å². The monoisotopic (exact) mass is 265 g/mol. The fourth-order valence-corrected chi connectivity index (χ4v) is 1.27. The van der Waals surface area contributed by atoms with Crippen LogP contribution < -0.4 is 4.74 Å². The second kappa shape index (κ2) is 5.34. The molecule has 1 rings (SSSR count). The molecule has 0 amide bonds. The number of benzene rings is 1. The van der Waals surface area contributed by atoms with Crippen molar-refractivity contribution in [3.05, 3.63) is 33.6 Å². The Balaban J connectivity index is 3.39. The van der Waals surface area contributed by atoms with Crippen LogP contribution >= 0.6 is 0 Å². The van der Waals surface area contributed by atoms with Crippen LogP contribution in [-0.4, -0.2) is 22.6 Å². The molecule has 0 bridgehead atoms. The summed E-state index contributed by atoms with van der Waals surface area (Å²) in [7, 11) is 0. The number of alkyl halides is 2. The molecule has 0 fully saturated rings. The molecule has 0 unspecified atom stereocenters. The summed E-state index contributed by atoms with van der Waals surface area (Å²) in [6.45, 7) is -3.43. The van der Waals surface area contributed by atoms with Crippen LogP contribution in [0.1, 0.15) is 5.56 Å². The van der Waals surface area contributed by atoms with Crippen LogP contribution in [0, 0.1) is 15.9 Å². The molecule has 98 valence electrons. The lowest BCUT2D eigenvalue weighted by atomic mass is 10.1. The van der Waals surface area contributed by atoms with Crippen molar-refractivity contribution in [2.75, 3.05) is 0 Å². The molecule has 0 aliphatic carbocycles. The number of halogens is 3. The molecule has 6 nitrogen and oxygen atoms in total. The summed E-state index contributed by atoms with van der Waals surface area (Å²) < 4.78 is 41.3. The van der Waals surface area contributed by atoms with E-state index in [0.29, 0.717) is 12.1 Å². The molecule has 0 aromatic heterocycles. The van der Waals surface area contributed by atoms with E-state index in [1.165, 1.54) is 0 Å². The Morgan fingerprint density at radius 1 is 1.50 bits per heavy atom. The number of carbonyl (C=O) groups is 1. The van der Waals surface area contributed by atoms with Crippen molar-refractivity contribution in [1.82, 2.24) is 0 Å². The van der Waals surface area contributed by atoms with Crippen LogP contribution in [0.2, 0.25) is 0 Å². The largest absolute Gasteiger partial charge is 0.481 e. The van der Waals surface area contributed by atoms with Crippen LogP contribution in [0.15, 0.2) is 12.1 Å². The summed E-state index contributed by atoms with van der Waals surface area (Å²) in [5.74, 6) is -3.77. The van der Waals surface area contributed by atoms with Crippen LogP contribution in [0.3, 0.4) is 0 Å². The number of rotatable bonds is 5. The lowest BCUT2D eigenvalue weighted by molar-refractivity contribution is -0.386. The van der Waals surface area contributed by atoms with E-state index in [4.69, 9.17) is 5.11 Å². The number of carboxylic acid groups (broad SMARTS) is 1. The van der Waals surface area contributed by atoms with Gasteiger partial charge in [0, 0.05) is 11.6 Å². The summed E-state index contributed by atoms with van der Waals surface area (Å²) in [6, 6.07) is 1.24. The third-order valence-electron chi connectivity index (χ3n) is 1.91. The highest BCUT2D eigenvalue weighted by Gasteiger charge is 2.26. The van der Waals surface area contributed by atoms with E-state index in [0.717, 1.165) is 0 Å². The molecule has 1 aromatic rings. The molecule has 0 saturated carbocycles. The third-order valence-corrected chi connectivity index (χ3v) is 1.91. The molecule has 18 heavy (non-hydrogen) atoms. The molecule has 1 aromatic carbocycles. The Kier molecular flexibility index (Phi) is 4.08. The number of ether oxygens (including phenoxy) is 1. The van der Waals surface area contributed by atoms with Gasteiger partial charge in [-0.25, -0.2) is 4.39 Å². The van der Waals surface area contributed by atoms with Crippen LogP contribution in [0.5, 0.6) is 5.75 Å². The van der Waals surface area contributed by atoms with Crippen molar-refractivity contribution >= 4 is 11.7 Å². The van der Waals surface area contributed by atoms with Gasteiger partial charge in [0.2, 0.25) is 5.75 Å². The summed E-state index contributed by atoms with van der Waals surface area (Å²) in [5.41, 5.74) is -1.72. The van der Waals surface area contributed by atoms with Crippen molar-refractivity contribution in [3.8, 4) is 5.75 Å². The molecule has 0 spiro atoms. The maximum atomic E-state index is 13.3. The number of nitro benzene ring substituents is 1. The second-order valence-electron chi connectivity index (χ2n) is 3.08. The fraction of sp³-hybridized carbons (Fsp3) is 0.222. The van der Waals surface area contributed by atoms with Gasteiger partial charge in [-0.2, -0.15) is 8.78 Å². The highest BCUT2D eigenvalue weighted by Crippen LogP contribution is 2.34. The first-order valence-electron chi connectivity index (χ1n) is 4.45. The van der Waals surface area contributed by atoms with Gasteiger partial charge in [0.1, 0.15) is 5.82 Å². The van der Waals surface area contributed by atoms with E-state index in [-0.39, 0.29) is 0 Å². The zero-order chi connectivity index (χ0) is 13.9. The number of nitro groups is 1. The minimum Gasteiger partial charge on any atom is -0.481 e. The molecule has 0 atom stereocenters. The smallest absolute Gasteiger partial charge is 0.387 e. The second-order valence-corrected chi connectivity index (χ2v) is 3.08. The molecule has 0 aliphatic heterocycles. The third kappa shape index (κ3) is 3.09. The predicted molar refractivity (Wildman–Crippen MR) is 51.0 cm³/mol. The van der Waals surface area contributed by atoms with E-state index in [1.807, 2.05) is 0 Å². The number of nitrogens with zero attached hydrogens (tertiary/aromatic N) is 1. The Morgan fingerprint density at radius 2 is 2.11 bits per heavy atom. The van der Waals surface area contributed by atoms with E-state index in [1.54, 1.807) is 0 Å². The van der Waals surface area contributed by atoms with E-state index in [9.17, 15) is 28.1 Å². The maximum Gasteiger partial charge on any atom is 0.387 e. The number of hydrogen-bond donors (Lipinski definition) is 1. The van der Waals surface area contributed by atoms with Gasteiger partial charge in [0.15, 0.2) is 0 Å². The van der Waals surface area contributed by atoms with Crippen LogP contribution in [0.25, 0.3) is 0 Å². The average Bonchev–Trinajstić information content (AvgIpc) is 2.21. The van der Waals surface area contributed by atoms with E-state index in [2.05, 4.69) is 4.74 Å². The first-order chi connectivity index (χ1) is 8.32. The standard InChI is InChI=1S/C9H6F3NO5/c10-5-1-2-6(13(16)17)8(18-9(11)12)4(5)3-7(14)15/h1-2,9H,3H2,(H,14,15). The first kappa shape index (κ1) is 13.7. The molecule has 1 N–H and O–H groups in total. The quantitative estimate of drug-likeness (QED) is 0.649. The predicted octanol–water partition coefficient (Wildman–Crippen LogP) is 1.96. The zero-order valence-corrected chi connectivity index (χ0v) is 8.60. The fourth-order valence-electron chi connectivity index (χ4n) is 1.27. The molecular weight excluding hydrogens is 259 g/mol. The van der Waals surface area contributed by atoms with Crippen LogP contribution in [0.4, 0.5) is 18.9 Å². The molecule has 0 radical (unpaired) electrons. The average molecular weight is 265 g/mol. The maximum absolute atomic E-state index is 13.3. The summed E-state index contributed by atoms with van der Waals surface area (Å²) in [4.78, 5) is 20.0. The van der Waals surface area contributed by atoms with Gasteiger partial charge in [-0.15, -0.1) is 0 Å². The van der Waals surface area contributed by atoms with Crippen LogP contribution in [-0.2, 0) is 11.2 Å². The van der Waals surface area contributed by atoms with Gasteiger partial charge >= 0.3 is 18.3 Å². The Hall–Kier alpha value is -2.32. The number of hydrogen-bond acceptors (Lipinski definition) is 4. The van der Waals surface area contributed by atoms with Crippen molar-refractivity contribution < 1.29 is 32.7 Å². The summed E-state index contributed by atoms with van der Waals surface area (Å²) in [6.07, 6.45) is -1.00. The number of carboxylic acids is 1. The summed E-state index contributed by atoms with van der Waals surface area (Å²) >= 11 is 0. The van der Waals surface area contributed by atoms with Crippen molar-refractivity contribution in [3.63, 3.8) is 0 Å². The Labute approximate surface area is 97.7 Å². The van der Waals surface area contributed by atoms with E-state index >= 15 is 0 Å². The van der Waals surface area contributed by atoms with Gasteiger partial charge in [-0.3, -0.25) is 14.9 Å². The van der Waals surface area contributed by atoms with Gasteiger partial charge in [-0.1, -0.05) is 0 Å². The molecule has 0 heterocycles. The lowest BCUT2D eigenvalue weighted by Gasteiger charge is -2.10. The summed E-state index contributed by atoms with van der Waals surface area (Å²) in [5, 5.41) is 19.1. The molecule has 0 aliphatic rings. The molecular formula is C9H6F3NO5. The van der Waals surface area contributed by atoms with Crippen molar-refractivity contribution in [1.29, 1.82) is 0 Å². The Bertz CT molecular complexity index is 491. The lowest BCUT2D eigenvalue weighted by Crippen LogP contribution is -2.11. The van der Waals surface area contributed by atoms with Gasteiger partial charge in [0.25, 0.3) is 0 Å². The van der Waals surface area contributed by atoms with Gasteiger partial charge in [0.05, 0.1) is 11.3 Å². The zero-order valence-electron chi connectivity index (χ0n) is 8.60. The van der Waals surface area contributed by atoms with Crippen molar-refractivity contribution in [2.24, 2.45) is 0 Å². The first-order valence-corrected chi connectivity index (χ1v) is 4.45. The molecule has 9 heteroatoms. The minimum absolute atomic E-state index is 0.620. The van der Waals surface area contributed by atoms with Crippen molar-refractivity contribution in [2.45, 2.75) is 13.0 Å². The molecule has 0 saturated heterocycles. The number of aliphatic carboxylic acids is 1. The topological polar surface area (TPSA) is 89.7 Å². The highest BCUT2D eigenvalue weighted by molar-refractivity contribution is 5.72. The Morgan fingerprint density at radius 3 is 2.56 bits per heavy atom. The minimum atomic E-state index is -3.43. The normalized spacial score (nSPS) is 10.4. The highest BCUT2D eigenvalue weighted by atomic mass is 19.3. The van der Waals surface area contributed by atoms with Gasteiger partial charge in [-0.05, 0) is 6.07 Å².